The van der Waals surface area contributed by atoms with Crippen molar-refractivity contribution in [2.24, 2.45) is 0 Å². The molecule has 0 radical (unpaired) electrons. The summed E-state index contributed by atoms with van der Waals surface area (Å²) in [7, 11) is 0. The third-order valence-corrected chi connectivity index (χ3v) is 6.24. The Morgan fingerprint density at radius 1 is 0.882 bits per heavy atom. The van der Waals surface area contributed by atoms with Crippen molar-refractivity contribution >= 4 is 46.6 Å². The molecular weight excluding hydrogens is 491 g/mol. The van der Waals surface area contributed by atoms with Gasteiger partial charge in [0.25, 0.3) is 0 Å². The molecule has 178 valence electrons. The van der Waals surface area contributed by atoms with E-state index in [-0.39, 0.29) is 24.8 Å². The lowest BCUT2D eigenvalue weighted by atomic mass is 10.0. The number of carbonyl (C=O) groups is 2. The molecule has 1 atom stereocenters. The second-order valence-corrected chi connectivity index (χ2v) is 9.34. The molecule has 0 aliphatic rings. The van der Waals surface area contributed by atoms with Gasteiger partial charge in [-0.15, -0.1) is 0 Å². The quantitative estimate of drug-likeness (QED) is 0.340. The fourth-order valence-electron chi connectivity index (χ4n) is 3.68. The lowest BCUT2D eigenvalue weighted by Crippen LogP contribution is -2.51. The summed E-state index contributed by atoms with van der Waals surface area (Å²) >= 11 is 18.6. The van der Waals surface area contributed by atoms with Crippen LogP contribution in [0, 0.1) is 0 Å². The van der Waals surface area contributed by atoms with Crippen molar-refractivity contribution < 1.29 is 9.59 Å². The Kier molecular flexibility index (Phi) is 9.82. The van der Waals surface area contributed by atoms with E-state index < -0.39 is 6.04 Å². The topological polar surface area (TPSA) is 49.4 Å². The first-order chi connectivity index (χ1) is 16.4. The number of benzene rings is 3. The van der Waals surface area contributed by atoms with Crippen LogP contribution in [0.15, 0.2) is 72.8 Å². The molecule has 0 aromatic heterocycles. The highest BCUT2D eigenvalue weighted by molar-refractivity contribution is 6.35. The summed E-state index contributed by atoms with van der Waals surface area (Å²) in [6.07, 6.45) is 1.23. The van der Waals surface area contributed by atoms with Crippen molar-refractivity contribution in [3.05, 3.63) is 105 Å². The molecule has 0 spiro atoms. The largest absolute Gasteiger partial charge is 0.354 e. The Morgan fingerprint density at radius 3 is 2.26 bits per heavy atom. The highest BCUT2D eigenvalue weighted by Gasteiger charge is 2.30. The molecule has 1 N–H and O–H groups in total. The SMILES string of the molecule is CCCNC(=O)[C@@H](Cc1ccccc1)N(Cc1cccc(Cl)c1)C(=O)Cc1ccc(Cl)cc1Cl. The highest BCUT2D eigenvalue weighted by Crippen LogP contribution is 2.24. The Morgan fingerprint density at radius 2 is 1.59 bits per heavy atom. The summed E-state index contributed by atoms with van der Waals surface area (Å²) in [6.45, 7) is 2.76. The summed E-state index contributed by atoms with van der Waals surface area (Å²) in [5.41, 5.74) is 2.46. The van der Waals surface area contributed by atoms with Crippen LogP contribution >= 0.6 is 34.8 Å². The van der Waals surface area contributed by atoms with Crippen molar-refractivity contribution in [3.8, 4) is 0 Å². The molecule has 0 unspecified atom stereocenters. The summed E-state index contributed by atoms with van der Waals surface area (Å²) in [6, 6.07) is 21.3. The Hall–Kier alpha value is -2.53. The smallest absolute Gasteiger partial charge is 0.243 e. The molecule has 4 nitrogen and oxygen atoms in total. The molecule has 0 aliphatic carbocycles. The summed E-state index contributed by atoms with van der Waals surface area (Å²) in [5, 5.41) is 4.45. The van der Waals surface area contributed by atoms with Gasteiger partial charge in [0.2, 0.25) is 11.8 Å². The van der Waals surface area contributed by atoms with E-state index >= 15 is 0 Å². The minimum atomic E-state index is -0.702. The van der Waals surface area contributed by atoms with Crippen LogP contribution in [0.2, 0.25) is 15.1 Å². The molecule has 3 aromatic carbocycles. The molecule has 0 saturated heterocycles. The Balaban J connectivity index is 1.97. The molecule has 7 heteroatoms. The molecule has 3 aromatic rings. The van der Waals surface area contributed by atoms with E-state index in [0.717, 1.165) is 17.5 Å². The number of halogens is 3. The predicted molar refractivity (Wildman–Crippen MR) is 139 cm³/mol. The monoisotopic (exact) mass is 516 g/mol. The maximum atomic E-state index is 13.7. The van der Waals surface area contributed by atoms with Gasteiger partial charge in [-0.05, 0) is 47.4 Å². The normalized spacial score (nSPS) is 11.6. The van der Waals surface area contributed by atoms with Gasteiger partial charge in [-0.1, -0.05) is 90.3 Å². The highest BCUT2D eigenvalue weighted by atomic mass is 35.5. The molecule has 34 heavy (non-hydrogen) atoms. The Labute approximate surface area is 215 Å². The minimum Gasteiger partial charge on any atom is -0.354 e. The first-order valence-corrected chi connectivity index (χ1v) is 12.3. The lowest BCUT2D eigenvalue weighted by Gasteiger charge is -2.32. The van der Waals surface area contributed by atoms with Crippen LogP contribution in [0.4, 0.5) is 0 Å². The number of carbonyl (C=O) groups excluding carboxylic acids is 2. The van der Waals surface area contributed by atoms with Gasteiger partial charge in [-0.2, -0.15) is 0 Å². The van der Waals surface area contributed by atoms with Gasteiger partial charge < -0.3 is 10.2 Å². The zero-order valence-corrected chi connectivity index (χ0v) is 21.2. The van der Waals surface area contributed by atoms with Gasteiger partial charge in [0, 0.05) is 34.6 Å². The van der Waals surface area contributed by atoms with Gasteiger partial charge in [0.05, 0.1) is 6.42 Å². The predicted octanol–water partition coefficient (Wildman–Crippen LogP) is 6.36. The molecule has 2 amide bonds. The minimum absolute atomic E-state index is 0.0446. The average Bonchev–Trinajstić information content (AvgIpc) is 2.82. The van der Waals surface area contributed by atoms with Crippen LogP contribution < -0.4 is 5.32 Å². The zero-order chi connectivity index (χ0) is 24.5. The number of rotatable bonds is 10. The maximum absolute atomic E-state index is 13.7. The van der Waals surface area contributed by atoms with Crippen molar-refractivity contribution in [3.63, 3.8) is 0 Å². The average molecular weight is 518 g/mol. The first-order valence-electron chi connectivity index (χ1n) is 11.2. The third kappa shape index (κ3) is 7.49. The van der Waals surface area contributed by atoms with Crippen LogP contribution in [0.1, 0.15) is 30.0 Å². The molecular formula is C27H27Cl3N2O2. The van der Waals surface area contributed by atoms with Crippen molar-refractivity contribution in [2.75, 3.05) is 6.54 Å². The van der Waals surface area contributed by atoms with Crippen LogP contribution in [0.5, 0.6) is 0 Å². The van der Waals surface area contributed by atoms with Crippen LogP contribution in [-0.2, 0) is 29.0 Å². The molecule has 0 fully saturated rings. The second kappa shape index (κ2) is 12.8. The molecule has 0 heterocycles. The molecule has 0 aliphatic heterocycles. The number of nitrogens with zero attached hydrogens (tertiary/aromatic N) is 1. The zero-order valence-electron chi connectivity index (χ0n) is 18.9. The van der Waals surface area contributed by atoms with E-state index in [1.165, 1.54) is 0 Å². The number of hydrogen-bond donors (Lipinski definition) is 1. The molecule has 3 rings (SSSR count). The van der Waals surface area contributed by atoms with E-state index in [9.17, 15) is 9.59 Å². The van der Waals surface area contributed by atoms with Crippen LogP contribution in [-0.4, -0.2) is 29.3 Å². The number of hydrogen-bond acceptors (Lipinski definition) is 2. The van der Waals surface area contributed by atoms with E-state index in [0.29, 0.717) is 33.6 Å². The molecule has 0 saturated carbocycles. The Bertz CT molecular complexity index is 1120. The fraction of sp³-hybridized carbons (Fsp3) is 0.259. The van der Waals surface area contributed by atoms with Gasteiger partial charge in [0.15, 0.2) is 0 Å². The number of nitrogens with one attached hydrogen (secondary N) is 1. The van der Waals surface area contributed by atoms with Gasteiger partial charge in [-0.3, -0.25) is 9.59 Å². The van der Waals surface area contributed by atoms with E-state index in [1.807, 2.05) is 49.4 Å². The van der Waals surface area contributed by atoms with Crippen molar-refractivity contribution in [1.29, 1.82) is 0 Å². The first kappa shape index (κ1) is 26.1. The summed E-state index contributed by atoms with van der Waals surface area (Å²) in [5.74, 6) is -0.403. The van der Waals surface area contributed by atoms with Crippen LogP contribution in [0.25, 0.3) is 0 Å². The van der Waals surface area contributed by atoms with Crippen LogP contribution in [0.3, 0.4) is 0 Å². The third-order valence-electron chi connectivity index (χ3n) is 5.42. The fourth-order valence-corrected chi connectivity index (χ4v) is 4.37. The maximum Gasteiger partial charge on any atom is 0.243 e. The van der Waals surface area contributed by atoms with E-state index in [4.69, 9.17) is 34.8 Å². The lowest BCUT2D eigenvalue weighted by molar-refractivity contribution is -0.140. The van der Waals surface area contributed by atoms with Crippen molar-refractivity contribution in [2.45, 2.75) is 38.8 Å². The standard InChI is InChI=1S/C27H27Cl3N2O2/c1-2-13-31-27(34)25(15-19-7-4-3-5-8-19)32(18-20-9-6-10-22(28)14-20)26(33)16-21-11-12-23(29)17-24(21)30/h3-12,14,17,25H,2,13,15-16,18H2,1H3,(H,31,34)/t25-/m1/s1. The van der Waals surface area contributed by atoms with E-state index in [1.54, 1.807) is 35.2 Å². The van der Waals surface area contributed by atoms with Gasteiger partial charge in [0.1, 0.15) is 6.04 Å². The summed E-state index contributed by atoms with van der Waals surface area (Å²) < 4.78 is 0. The van der Waals surface area contributed by atoms with Gasteiger partial charge in [-0.25, -0.2) is 0 Å². The van der Waals surface area contributed by atoms with E-state index in [2.05, 4.69) is 5.32 Å². The summed E-state index contributed by atoms with van der Waals surface area (Å²) in [4.78, 5) is 28.6. The van der Waals surface area contributed by atoms with Gasteiger partial charge >= 0.3 is 0 Å². The van der Waals surface area contributed by atoms with Crippen molar-refractivity contribution in [1.82, 2.24) is 10.2 Å². The second-order valence-electron chi connectivity index (χ2n) is 8.06. The molecule has 0 bridgehead atoms. The number of amides is 2.